The number of hydrogen-bond donors (Lipinski definition) is 0. The van der Waals surface area contributed by atoms with Gasteiger partial charge in [-0.1, -0.05) is 30.3 Å². The Bertz CT molecular complexity index is 784. The first-order valence-corrected chi connectivity index (χ1v) is 6.11. The minimum absolute atomic E-state index is 0.0753. The number of nitrogens with zero attached hydrogens (tertiary/aromatic N) is 3. The molecule has 2 rings (SSSR count). The summed E-state index contributed by atoms with van der Waals surface area (Å²) in [5.41, 5.74) is 4.60. The van der Waals surface area contributed by atoms with Crippen molar-refractivity contribution >= 4 is 11.1 Å². The zero-order valence-corrected chi connectivity index (χ0v) is 11.2. The summed E-state index contributed by atoms with van der Waals surface area (Å²) in [7, 11) is 0. The standard InChI is InChI=1S/C17H11N3/c1-3-13-16(11(2)8-18)14-6-4-5-7-15(14)17(13)12(9-19)10-20/h3-7H,1-2H3/b13-3-,16-11+. The van der Waals surface area contributed by atoms with Crippen molar-refractivity contribution in [3.63, 3.8) is 0 Å². The highest BCUT2D eigenvalue weighted by molar-refractivity contribution is 6.11. The number of hydrogen-bond acceptors (Lipinski definition) is 3. The van der Waals surface area contributed by atoms with E-state index in [1.54, 1.807) is 6.92 Å². The van der Waals surface area contributed by atoms with Gasteiger partial charge >= 0.3 is 0 Å². The Hall–Kier alpha value is -3.09. The Balaban J connectivity index is 2.98. The van der Waals surface area contributed by atoms with Gasteiger partial charge in [0.1, 0.15) is 17.7 Å². The molecule has 0 aromatic heterocycles. The molecule has 0 fully saturated rings. The molecule has 0 unspecified atom stereocenters. The molecule has 0 saturated heterocycles. The minimum atomic E-state index is 0.0753. The predicted octanol–water partition coefficient (Wildman–Crippen LogP) is 3.74. The van der Waals surface area contributed by atoms with E-state index in [9.17, 15) is 5.26 Å². The number of nitriles is 3. The third-order valence-corrected chi connectivity index (χ3v) is 3.31. The van der Waals surface area contributed by atoms with Gasteiger partial charge in [0.25, 0.3) is 0 Å². The van der Waals surface area contributed by atoms with Crippen molar-refractivity contribution < 1.29 is 0 Å². The van der Waals surface area contributed by atoms with Gasteiger partial charge in [-0.3, -0.25) is 0 Å². The summed E-state index contributed by atoms with van der Waals surface area (Å²) < 4.78 is 0. The van der Waals surface area contributed by atoms with E-state index >= 15 is 0 Å². The molecule has 0 bridgehead atoms. The number of fused-ring (bicyclic) bond motifs is 1. The van der Waals surface area contributed by atoms with E-state index in [4.69, 9.17) is 10.5 Å². The molecule has 0 radical (unpaired) electrons. The van der Waals surface area contributed by atoms with E-state index in [0.29, 0.717) is 11.1 Å². The lowest BCUT2D eigenvalue weighted by atomic mass is 9.97. The van der Waals surface area contributed by atoms with E-state index in [-0.39, 0.29) is 5.57 Å². The second-order valence-corrected chi connectivity index (χ2v) is 4.33. The Kier molecular flexibility index (Phi) is 3.52. The molecule has 0 heterocycles. The summed E-state index contributed by atoms with van der Waals surface area (Å²) in [4.78, 5) is 0. The van der Waals surface area contributed by atoms with Gasteiger partial charge in [0.2, 0.25) is 0 Å². The summed E-state index contributed by atoms with van der Waals surface area (Å²) in [5, 5.41) is 27.5. The zero-order valence-electron chi connectivity index (χ0n) is 11.2. The lowest BCUT2D eigenvalue weighted by Gasteiger charge is -2.04. The van der Waals surface area contributed by atoms with E-state index in [1.807, 2.05) is 49.4 Å². The van der Waals surface area contributed by atoms with Crippen molar-refractivity contribution in [2.24, 2.45) is 0 Å². The largest absolute Gasteiger partial charge is 0.193 e. The molecule has 0 spiro atoms. The topological polar surface area (TPSA) is 71.4 Å². The summed E-state index contributed by atoms with van der Waals surface area (Å²) in [6.45, 7) is 3.59. The molecule has 0 saturated carbocycles. The van der Waals surface area contributed by atoms with Crippen LogP contribution in [0, 0.1) is 34.0 Å². The molecule has 94 valence electrons. The Labute approximate surface area is 118 Å². The third-order valence-electron chi connectivity index (χ3n) is 3.31. The maximum Gasteiger partial charge on any atom is 0.138 e. The predicted molar refractivity (Wildman–Crippen MR) is 76.6 cm³/mol. The Morgan fingerprint density at radius 1 is 0.950 bits per heavy atom. The summed E-state index contributed by atoms with van der Waals surface area (Å²) in [6, 6.07) is 13.6. The fourth-order valence-corrected chi connectivity index (χ4v) is 2.49. The Morgan fingerprint density at radius 2 is 1.50 bits per heavy atom. The van der Waals surface area contributed by atoms with Crippen LogP contribution >= 0.6 is 0 Å². The van der Waals surface area contributed by atoms with Crippen LogP contribution in [0.3, 0.4) is 0 Å². The van der Waals surface area contributed by atoms with Gasteiger partial charge in [0.05, 0.1) is 6.07 Å². The number of benzene rings is 1. The number of rotatable bonds is 0. The van der Waals surface area contributed by atoms with Crippen LogP contribution in [0.4, 0.5) is 0 Å². The van der Waals surface area contributed by atoms with Crippen molar-refractivity contribution in [3.05, 3.63) is 58.2 Å². The van der Waals surface area contributed by atoms with Gasteiger partial charge in [-0.2, -0.15) is 15.8 Å². The molecule has 20 heavy (non-hydrogen) atoms. The first kappa shape index (κ1) is 13.3. The van der Waals surface area contributed by atoms with Gasteiger partial charge in [0.15, 0.2) is 0 Å². The first-order valence-electron chi connectivity index (χ1n) is 6.11. The molecule has 3 nitrogen and oxygen atoms in total. The lowest BCUT2D eigenvalue weighted by molar-refractivity contribution is 1.44. The quantitative estimate of drug-likeness (QED) is 0.664. The Morgan fingerprint density at radius 3 is 1.95 bits per heavy atom. The van der Waals surface area contributed by atoms with Gasteiger partial charge in [-0.25, -0.2) is 0 Å². The number of allylic oxidation sites excluding steroid dienone is 6. The fraction of sp³-hybridized carbons (Fsp3) is 0.118. The molecular weight excluding hydrogens is 246 g/mol. The van der Waals surface area contributed by atoms with Crippen LogP contribution in [-0.4, -0.2) is 0 Å². The zero-order chi connectivity index (χ0) is 14.7. The van der Waals surface area contributed by atoms with Crippen LogP contribution in [0.1, 0.15) is 25.0 Å². The average molecular weight is 257 g/mol. The van der Waals surface area contributed by atoms with Crippen molar-refractivity contribution in [1.29, 1.82) is 15.8 Å². The minimum Gasteiger partial charge on any atom is -0.193 e. The maximum absolute atomic E-state index is 9.19. The molecule has 3 heteroatoms. The van der Waals surface area contributed by atoms with E-state index in [2.05, 4.69) is 6.07 Å². The van der Waals surface area contributed by atoms with Gasteiger partial charge in [-0.15, -0.1) is 0 Å². The summed E-state index contributed by atoms with van der Waals surface area (Å²) in [5.74, 6) is 0. The van der Waals surface area contributed by atoms with Crippen LogP contribution in [0.2, 0.25) is 0 Å². The molecule has 1 aromatic carbocycles. The second-order valence-electron chi connectivity index (χ2n) is 4.33. The van der Waals surface area contributed by atoms with Crippen LogP contribution < -0.4 is 0 Å². The molecule has 1 aliphatic rings. The van der Waals surface area contributed by atoms with Crippen LogP contribution in [0.5, 0.6) is 0 Å². The van der Waals surface area contributed by atoms with Crippen LogP contribution in [-0.2, 0) is 0 Å². The van der Waals surface area contributed by atoms with Crippen molar-refractivity contribution in [3.8, 4) is 18.2 Å². The monoisotopic (exact) mass is 257 g/mol. The van der Waals surface area contributed by atoms with E-state index < -0.39 is 0 Å². The fourth-order valence-electron chi connectivity index (χ4n) is 2.49. The molecule has 0 amide bonds. The second kappa shape index (κ2) is 5.27. The van der Waals surface area contributed by atoms with Crippen molar-refractivity contribution in [1.82, 2.24) is 0 Å². The summed E-state index contributed by atoms with van der Waals surface area (Å²) in [6.07, 6.45) is 1.85. The maximum atomic E-state index is 9.19. The molecule has 1 aliphatic carbocycles. The van der Waals surface area contributed by atoms with Gasteiger partial charge in [0, 0.05) is 16.7 Å². The molecule has 0 N–H and O–H groups in total. The van der Waals surface area contributed by atoms with Crippen LogP contribution in [0.25, 0.3) is 11.1 Å². The lowest BCUT2D eigenvalue weighted by Crippen LogP contribution is -1.87. The van der Waals surface area contributed by atoms with Crippen molar-refractivity contribution in [2.75, 3.05) is 0 Å². The third kappa shape index (κ3) is 1.81. The molecule has 0 aliphatic heterocycles. The molecule has 1 aromatic rings. The first-order chi connectivity index (χ1) is 9.69. The molecule has 0 atom stereocenters. The highest BCUT2D eigenvalue weighted by Gasteiger charge is 2.29. The van der Waals surface area contributed by atoms with Crippen molar-refractivity contribution in [2.45, 2.75) is 13.8 Å². The SMILES string of the molecule is C/C=C1\C(=C(C#N)C#N)c2ccccc2\C1=C(/C)C#N. The normalized spacial score (nSPS) is 16.9. The highest BCUT2D eigenvalue weighted by Crippen LogP contribution is 2.47. The van der Waals surface area contributed by atoms with E-state index in [0.717, 1.165) is 22.3 Å². The van der Waals surface area contributed by atoms with Gasteiger partial charge < -0.3 is 0 Å². The van der Waals surface area contributed by atoms with E-state index in [1.165, 1.54) is 0 Å². The van der Waals surface area contributed by atoms with Crippen LogP contribution in [0.15, 0.2) is 47.1 Å². The average Bonchev–Trinajstić information content (AvgIpc) is 2.82. The van der Waals surface area contributed by atoms with Gasteiger partial charge in [-0.05, 0) is 30.5 Å². The summed E-state index contributed by atoms with van der Waals surface area (Å²) >= 11 is 0. The highest BCUT2D eigenvalue weighted by atomic mass is 14.4. The smallest absolute Gasteiger partial charge is 0.138 e. The molecular formula is C17H11N3.